The summed E-state index contributed by atoms with van der Waals surface area (Å²) in [6.07, 6.45) is 2.73. The third-order valence-electron chi connectivity index (χ3n) is 2.57. The Hall–Kier alpha value is -0.310. The lowest BCUT2D eigenvalue weighted by Gasteiger charge is -2.31. The standard InChI is InChI=1S/C13H20Cl2N2/c1-5-6-16-12(13(2,3)4)11-10(15)7-9(14)8-17-11/h7-8,12,16H,5-6H2,1-4H3. The van der Waals surface area contributed by atoms with Crippen molar-refractivity contribution < 1.29 is 0 Å². The lowest BCUT2D eigenvalue weighted by Crippen LogP contribution is -2.33. The summed E-state index contributed by atoms with van der Waals surface area (Å²) in [7, 11) is 0. The lowest BCUT2D eigenvalue weighted by molar-refractivity contribution is 0.268. The highest BCUT2D eigenvalue weighted by atomic mass is 35.5. The molecule has 0 aliphatic carbocycles. The summed E-state index contributed by atoms with van der Waals surface area (Å²) in [5.41, 5.74) is 0.927. The average Bonchev–Trinajstić information content (AvgIpc) is 2.19. The summed E-state index contributed by atoms with van der Waals surface area (Å²) in [5, 5.41) is 4.69. The van der Waals surface area contributed by atoms with Crippen molar-refractivity contribution in [3.05, 3.63) is 28.0 Å². The molecule has 0 fully saturated rings. The van der Waals surface area contributed by atoms with E-state index in [1.54, 1.807) is 12.3 Å². The van der Waals surface area contributed by atoms with Gasteiger partial charge in [0.15, 0.2) is 0 Å². The molecule has 1 heterocycles. The van der Waals surface area contributed by atoms with Gasteiger partial charge in [-0.05, 0) is 24.4 Å². The molecule has 1 aromatic rings. The second-order valence-corrected chi connectivity index (χ2v) is 6.12. The Morgan fingerprint density at radius 3 is 2.47 bits per heavy atom. The first-order valence-corrected chi connectivity index (χ1v) is 6.66. The van der Waals surface area contributed by atoms with Crippen LogP contribution in [0.1, 0.15) is 45.9 Å². The number of aromatic nitrogens is 1. The molecule has 0 aromatic carbocycles. The van der Waals surface area contributed by atoms with Gasteiger partial charge in [0.05, 0.1) is 21.8 Å². The van der Waals surface area contributed by atoms with Gasteiger partial charge in [-0.25, -0.2) is 0 Å². The van der Waals surface area contributed by atoms with Crippen LogP contribution in [0, 0.1) is 5.41 Å². The summed E-state index contributed by atoms with van der Waals surface area (Å²) in [6.45, 7) is 9.61. The van der Waals surface area contributed by atoms with Gasteiger partial charge in [0.2, 0.25) is 0 Å². The molecule has 2 nitrogen and oxygen atoms in total. The summed E-state index contributed by atoms with van der Waals surface area (Å²) in [5.74, 6) is 0. The van der Waals surface area contributed by atoms with Crippen LogP contribution < -0.4 is 5.32 Å². The van der Waals surface area contributed by atoms with E-state index in [2.05, 4.69) is 38.0 Å². The summed E-state index contributed by atoms with van der Waals surface area (Å²) >= 11 is 12.1. The van der Waals surface area contributed by atoms with Gasteiger partial charge < -0.3 is 5.32 Å². The van der Waals surface area contributed by atoms with Crippen LogP contribution >= 0.6 is 23.2 Å². The SMILES string of the molecule is CCCNC(c1ncc(Cl)cc1Cl)C(C)(C)C. The highest BCUT2D eigenvalue weighted by Gasteiger charge is 2.28. The zero-order valence-electron chi connectivity index (χ0n) is 10.8. The van der Waals surface area contributed by atoms with Crippen LogP contribution in [0.4, 0.5) is 0 Å². The number of halogens is 2. The number of hydrogen-bond acceptors (Lipinski definition) is 2. The predicted molar refractivity (Wildman–Crippen MR) is 74.7 cm³/mol. The maximum atomic E-state index is 6.22. The van der Waals surface area contributed by atoms with Crippen LogP contribution in [-0.2, 0) is 0 Å². The molecule has 1 unspecified atom stereocenters. The normalized spacial score (nSPS) is 13.8. The van der Waals surface area contributed by atoms with Crippen molar-refractivity contribution in [3.63, 3.8) is 0 Å². The minimum atomic E-state index is 0.0552. The first-order valence-electron chi connectivity index (χ1n) is 5.90. The van der Waals surface area contributed by atoms with Gasteiger partial charge in [-0.3, -0.25) is 4.98 Å². The van der Waals surface area contributed by atoms with Crippen molar-refractivity contribution in [1.29, 1.82) is 0 Å². The van der Waals surface area contributed by atoms with E-state index in [1.807, 2.05) is 0 Å². The van der Waals surface area contributed by atoms with Crippen LogP contribution in [0.25, 0.3) is 0 Å². The molecule has 0 radical (unpaired) electrons. The van der Waals surface area contributed by atoms with E-state index in [0.717, 1.165) is 18.7 Å². The summed E-state index contributed by atoms with van der Waals surface area (Å²) < 4.78 is 0. The number of nitrogens with one attached hydrogen (secondary N) is 1. The van der Waals surface area contributed by atoms with Crippen molar-refractivity contribution in [2.75, 3.05) is 6.54 Å². The van der Waals surface area contributed by atoms with E-state index in [-0.39, 0.29) is 11.5 Å². The monoisotopic (exact) mass is 274 g/mol. The summed E-state index contributed by atoms with van der Waals surface area (Å²) in [6, 6.07) is 1.88. The van der Waals surface area contributed by atoms with Crippen molar-refractivity contribution in [3.8, 4) is 0 Å². The van der Waals surface area contributed by atoms with Gasteiger partial charge in [-0.1, -0.05) is 50.9 Å². The fraction of sp³-hybridized carbons (Fsp3) is 0.615. The average molecular weight is 275 g/mol. The van der Waals surface area contributed by atoms with Gasteiger partial charge in [0, 0.05) is 6.20 Å². The molecule has 1 rings (SSSR count). The molecule has 0 aliphatic rings. The van der Waals surface area contributed by atoms with Gasteiger partial charge in [0.1, 0.15) is 0 Å². The van der Waals surface area contributed by atoms with Crippen molar-refractivity contribution in [2.24, 2.45) is 5.41 Å². The fourth-order valence-corrected chi connectivity index (χ4v) is 2.23. The number of nitrogens with zero attached hydrogens (tertiary/aromatic N) is 1. The Kier molecular flexibility index (Phi) is 5.23. The molecule has 1 N–H and O–H groups in total. The van der Waals surface area contributed by atoms with Crippen LogP contribution in [-0.4, -0.2) is 11.5 Å². The molecule has 96 valence electrons. The molecule has 17 heavy (non-hydrogen) atoms. The second kappa shape index (κ2) is 6.03. The van der Waals surface area contributed by atoms with E-state index in [0.29, 0.717) is 10.0 Å². The maximum absolute atomic E-state index is 6.22. The largest absolute Gasteiger partial charge is 0.308 e. The van der Waals surface area contributed by atoms with E-state index in [4.69, 9.17) is 23.2 Å². The minimum absolute atomic E-state index is 0.0552. The van der Waals surface area contributed by atoms with Crippen molar-refractivity contribution >= 4 is 23.2 Å². The third kappa shape index (κ3) is 4.13. The number of rotatable bonds is 4. The van der Waals surface area contributed by atoms with Gasteiger partial charge >= 0.3 is 0 Å². The smallest absolute Gasteiger partial charge is 0.0765 e. The molecular formula is C13H20Cl2N2. The van der Waals surface area contributed by atoms with Gasteiger partial charge in [0.25, 0.3) is 0 Å². The Bertz CT molecular complexity index is 372. The first kappa shape index (κ1) is 14.7. The topological polar surface area (TPSA) is 24.9 Å². The van der Waals surface area contributed by atoms with Crippen molar-refractivity contribution in [1.82, 2.24) is 10.3 Å². The minimum Gasteiger partial charge on any atom is -0.308 e. The Morgan fingerprint density at radius 2 is 2.00 bits per heavy atom. The predicted octanol–water partition coefficient (Wildman–Crippen LogP) is 4.48. The van der Waals surface area contributed by atoms with Crippen LogP contribution in [0.5, 0.6) is 0 Å². The molecule has 1 atom stereocenters. The van der Waals surface area contributed by atoms with Crippen molar-refractivity contribution in [2.45, 2.75) is 40.2 Å². The third-order valence-corrected chi connectivity index (χ3v) is 3.08. The molecule has 0 spiro atoms. The Morgan fingerprint density at radius 1 is 1.35 bits per heavy atom. The van der Waals surface area contributed by atoms with E-state index < -0.39 is 0 Å². The fourth-order valence-electron chi connectivity index (χ4n) is 1.74. The number of hydrogen-bond donors (Lipinski definition) is 1. The quantitative estimate of drug-likeness (QED) is 0.876. The Balaban J connectivity index is 3.04. The van der Waals surface area contributed by atoms with Crippen LogP contribution in [0.3, 0.4) is 0 Å². The number of pyridine rings is 1. The molecular weight excluding hydrogens is 255 g/mol. The molecule has 0 bridgehead atoms. The van der Waals surface area contributed by atoms with E-state index >= 15 is 0 Å². The Labute approximate surface area is 114 Å². The molecule has 0 saturated carbocycles. The van der Waals surface area contributed by atoms with Gasteiger partial charge in [-0.15, -0.1) is 0 Å². The summed E-state index contributed by atoms with van der Waals surface area (Å²) in [4.78, 5) is 4.37. The van der Waals surface area contributed by atoms with Gasteiger partial charge in [-0.2, -0.15) is 0 Å². The molecule has 0 saturated heterocycles. The highest BCUT2D eigenvalue weighted by molar-refractivity contribution is 6.34. The molecule has 0 amide bonds. The molecule has 4 heteroatoms. The highest BCUT2D eigenvalue weighted by Crippen LogP contribution is 2.35. The lowest BCUT2D eigenvalue weighted by atomic mass is 9.84. The zero-order chi connectivity index (χ0) is 13.1. The zero-order valence-corrected chi connectivity index (χ0v) is 12.4. The van der Waals surface area contributed by atoms with E-state index in [9.17, 15) is 0 Å². The van der Waals surface area contributed by atoms with E-state index in [1.165, 1.54) is 0 Å². The maximum Gasteiger partial charge on any atom is 0.0765 e. The van der Waals surface area contributed by atoms with Crippen LogP contribution in [0.2, 0.25) is 10.0 Å². The first-order chi connectivity index (χ1) is 7.86. The second-order valence-electron chi connectivity index (χ2n) is 5.27. The molecule has 0 aliphatic heterocycles. The molecule has 1 aromatic heterocycles. The van der Waals surface area contributed by atoms with Crippen LogP contribution in [0.15, 0.2) is 12.3 Å².